The molecule has 6 rings (SSSR count). The largest absolute Gasteiger partial charge is 0.228 e. The van der Waals surface area contributed by atoms with Gasteiger partial charge in [-0.15, -0.1) is 0 Å². The van der Waals surface area contributed by atoms with E-state index in [0.717, 1.165) is 35.6 Å². The Balaban J connectivity index is 1.56. The topological polar surface area (TPSA) is 25.8 Å². The summed E-state index contributed by atoms with van der Waals surface area (Å²) in [4.78, 5) is 10.0. The zero-order chi connectivity index (χ0) is 21.9. The lowest BCUT2D eigenvalue weighted by molar-refractivity contribution is 0.660. The summed E-state index contributed by atoms with van der Waals surface area (Å²) < 4.78 is 0. The molecule has 0 aliphatic heterocycles. The van der Waals surface area contributed by atoms with Crippen LogP contribution in [0.4, 0.5) is 0 Å². The number of fused-ring (bicyclic) bond motifs is 4. The first-order valence-electron chi connectivity index (χ1n) is 11.4. The summed E-state index contributed by atoms with van der Waals surface area (Å²) in [6, 6.07) is 24.1. The minimum atomic E-state index is -0.0258. The molecule has 4 aromatic rings. The SMILES string of the molecule is Cc1ccc2c(c1)C(C)(C)c1cc(-c3nc(-c4ccccc4)nc4c3CCC=C4)ccc1-2. The van der Waals surface area contributed by atoms with E-state index in [1.165, 1.54) is 38.9 Å². The molecule has 2 aliphatic rings. The van der Waals surface area contributed by atoms with Gasteiger partial charge in [-0.05, 0) is 54.2 Å². The molecule has 0 saturated carbocycles. The lowest BCUT2D eigenvalue weighted by Crippen LogP contribution is -2.15. The highest BCUT2D eigenvalue weighted by Crippen LogP contribution is 2.50. The first-order chi connectivity index (χ1) is 15.5. The zero-order valence-corrected chi connectivity index (χ0v) is 18.8. The number of hydrogen-bond acceptors (Lipinski definition) is 2. The molecule has 0 atom stereocenters. The molecule has 156 valence electrons. The van der Waals surface area contributed by atoms with Gasteiger partial charge >= 0.3 is 0 Å². The van der Waals surface area contributed by atoms with Crippen molar-refractivity contribution in [3.05, 3.63) is 101 Å². The van der Waals surface area contributed by atoms with Gasteiger partial charge in [0.2, 0.25) is 0 Å². The molecule has 0 saturated heterocycles. The summed E-state index contributed by atoms with van der Waals surface area (Å²) in [5.74, 6) is 0.796. The molecule has 2 nitrogen and oxygen atoms in total. The summed E-state index contributed by atoms with van der Waals surface area (Å²) in [5.41, 5.74) is 12.4. The Hall–Kier alpha value is -3.52. The molecule has 0 N–H and O–H groups in total. The van der Waals surface area contributed by atoms with Gasteiger partial charge in [0.05, 0.1) is 11.4 Å². The van der Waals surface area contributed by atoms with Crippen molar-refractivity contribution in [1.82, 2.24) is 9.97 Å². The average molecular weight is 415 g/mol. The van der Waals surface area contributed by atoms with Gasteiger partial charge in [0.15, 0.2) is 5.82 Å². The monoisotopic (exact) mass is 414 g/mol. The standard InChI is InChI=1S/C30H26N2/c1-19-13-15-22-23-16-14-21(18-26(23)30(2,3)25(22)17-19)28-24-11-7-8-12-27(24)31-29(32-28)20-9-5-4-6-10-20/h4-6,8-10,12-18H,7,11H2,1-3H3. The Bertz CT molecular complexity index is 1390. The Kier molecular flexibility index (Phi) is 4.19. The molecular formula is C30H26N2. The molecule has 0 radical (unpaired) electrons. The average Bonchev–Trinajstić information content (AvgIpc) is 3.05. The van der Waals surface area contributed by atoms with Crippen molar-refractivity contribution in [2.45, 2.75) is 39.0 Å². The predicted molar refractivity (Wildman–Crippen MR) is 133 cm³/mol. The van der Waals surface area contributed by atoms with Crippen LogP contribution in [0.15, 0.2) is 72.8 Å². The van der Waals surface area contributed by atoms with Gasteiger partial charge in [-0.2, -0.15) is 0 Å². The van der Waals surface area contributed by atoms with Crippen molar-refractivity contribution < 1.29 is 0 Å². The van der Waals surface area contributed by atoms with E-state index in [9.17, 15) is 0 Å². The fourth-order valence-corrected chi connectivity index (χ4v) is 5.26. The smallest absolute Gasteiger partial charge is 0.160 e. The van der Waals surface area contributed by atoms with Crippen LogP contribution in [0.3, 0.4) is 0 Å². The highest BCUT2D eigenvalue weighted by molar-refractivity contribution is 5.84. The van der Waals surface area contributed by atoms with E-state index in [4.69, 9.17) is 9.97 Å². The summed E-state index contributed by atoms with van der Waals surface area (Å²) in [7, 11) is 0. The Labute approximate surface area is 189 Å². The molecule has 0 unspecified atom stereocenters. The fourth-order valence-electron chi connectivity index (χ4n) is 5.26. The van der Waals surface area contributed by atoms with Crippen LogP contribution in [0.2, 0.25) is 0 Å². The molecule has 1 aromatic heterocycles. The highest BCUT2D eigenvalue weighted by atomic mass is 14.9. The van der Waals surface area contributed by atoms with E-state index in [2.05, 4.69) is 81.5 Å². The number of aryl methyl sites for hydroxylation is 1. The lowest BCUT2D eigenvalue weighted by Gasteiger charge is -2.23. The van der Waals surface area contributed by atoms with Gasteiger partial charge in [0.1, 0.15) is 0 Å². The zero-order valence-electron chi connectivity index (χ0n) is 18.8. The molecule has 2 aliphatic carbocycles. The normalized spacial score (nSPS) is 15.2. The maximum absolute atomic E-state index is 5.12. The van der Waals surface area contributed by atoms with Crippen molar-refractivity contribution >= 4 is 6.08 Å². The van der Waals surface area contributed by atoms with Gasteiger partial charge in [-0.25, -0.2) is 9.97 Å². The third-order valence-electron chi connectivity index (χ3n) is 7.01. The first-order valence-corrected chi connectivity index (χ1v) is 11.4. The number of benzene rings is 3. The summed E-state index contributed by atoms with van der Waals surface area (Å²) in [6.45, 7) is 6.86. The maximum Gasteiger partial charge on any atom is 0.160 e. The van der Waals surface area contributed by atoms with Gasteiger partial charge in [-0.1, -0.05) is 86.2 Å². The van der Waals surface area contributed by atoms with Crippen LogP contribution in [-0.2, 0) is 11.8 Å². The Morgan fingerprint density at radius 2 is 1.53 bits per heavy atom. The third-order valence-corrected chi connectivity index (χ3v) is 7.01. The summed E-state index contributed by atoms with van der Waals surface area (Å²) in [6.07, 6.45) is 6.40. The van der Waals surface area contributed by atoms with Crippen LogP contribution in [0.1, 0.15) is 48.2 Å². The number of allylic oxidation sites excluding steroid dienone is 1. The number of rotatable bonds is 2. The first kappa shape index (κ1) is 19.2. The van der Waals surface area contributed by atoms with Gasteiger partial charge in [0, 0.05) is 22.1 Å². The molecule has 0 fully saturated rings. The van der Waals surface area contributed by atoms with Crippen molar-refractivity contribution in [3.63, 3.8) is 0 Å². The maximum atomic E-state index is 5.12. The van der Waals surface area contributed by atoms with Crippen LogP contribution in [-0.4, -0.2) is 9.97 Å². The second kappa shape index (κ2) is 7.00. The van der Waals surface area contributed by atoms with Crippen molar-refractivity contribution in [1.29, 1.82) is 0 Å². The van der Waals surface area contributed by atoms with Gasteiger partial charge < -0.3 is 0 Å². The molecule has 32 heavy (non-hydrogen) atoms. The molecule has 0 amide bonds. The quantitative estimate of drug-likeness (QED) is 0.342. The van der Waals surface area contributed by atoms with E-state index < -0.39 is 0 Å². The second-order valence-electron chi connectivity index (χ2n) is 9.50. The number of nitrogens with zero attached hydrogens (tertiary/aromatic N) is 2. The van der Waals surface area contributed by atoms with Crippen molar-refractivity contribution in [3.8, 4) is 33.8 Å². The van der Waals surface area contributed by atoms with E-state index in [1.807, 2.05) is 18.2 Å². The van der Waals surface area contributed by atoms with Gasteiger partial charge in [0.25, 0.3) is 0 Å². The molecule has 0 bridgehead atoms. The number of aromatic nitrogens is 2. The minimum Gasteiger partial charge on any atom is -0.228 e. The molecular weight excluding hydrogens is 388 g/mol. The van der Waals surface area contributed by atoms with Crippen molar-refractivity contribution in [2.24, 2.45) is 0 Å². The number of hydrogen-bond donors (Lipinski definition) is 0. The van der Waals surface area contributed by atoms with Crippen LogP contribution < -0.4 is 0 Å². The van der Waals surface area contributed by atoms with Crippen LogP contribution in [0.5, 0.6) is 0 Å². The van der Waals surface area contributed by atoms with E-state index in [1.54, 1.807) is 0 Å². The highest BCUT2D eigenvalue weighted by Gasteiger charge is 2.35. The Morgan fingerprint density at radius 3 is 2.34 bits per heavy atom. The summed E-state index contributed by atoms with van der Waals surface area (Å²) in [5, 5.41) is 0. The molecule has 3 aromatic carbocycles. The molecule has 1 heterocycles. The Morgan fingerprint density at radius 1 is 0.781 bits per heavy atom. The van der Waals surface area contributed by atoms with Crippen LogP contribution >= 0.6 is 0 Å². The van der Waals surface area contributed by atoms with Crippen molar-refractivity contribution in [2.75, 3.05) is 0 Å². The van der Waals surface area contributed by atoms with Crippen LogP contribution in [0, 0.1) is 6.92 Å². The third kappa shape index (κ3) is 2.86. The molecule has 0 spiro atoms. The fraction of sp³-hybridized carbons (Fsp3) is 0.200. The second-order valence-corrected chi connectivity index (χ2v) is 9.50. The molecule has 2 heteroatoms. The summed E-state index contributed by atoms with van der Waals surface area (Å²) >= 11 is 0. The van der Waals surface area contributed by atoms with E-state index in [0.29, 0.717) is 0 Å². The van der Waals surface area contributed by atoms with Gasteiger partial charge in [-0.3, -0.25) is 0 Å². The lowest BCUT2D eigenvalue weighted by atomic mass is 9.81. The van der Waals surface area contributed by atoms with E-state index in [-0.39, 0.29) is 5.41 Å². The minimum absolute atomic E-state index is 0.0258. The van der Waals surface area contributed by atoms with E-state index >= 15 is 0 Å². The van der Waals surface area contributed by atoms with Crippen LogP contribution in [0.25, 0.3) is 39.8 Å². The predicted octanol–water partition coefficient (Wildman–Crippen LogP) is 7.38.